The largest absolute Gasteiger partial charge is 0.365 e. The quantitative estimate of drug-likeness (QED) is 0.929. The average Bonchev–Trinajstić information content (AvgIpc) is 2.08. The van der Waals surface area contributed by atoms with Gasteiger partial charge < -0.3 is 5.32 Å². The Morgan fingerprint density at radius 3 is 2.93 bits per heavy atom. The first-order chi connectivity index (χ1) is 6.99. The van der Waals surface area contributed by atoms with E-state index in [9.17, 15) is 4.21 Å². The maximum Gasteiger partial charge on any atom is 0.145 e. The molecule has 0 aliphatic rings. The van der Waals surface area contributed by atoms with Crippen molar-refractivity contribution in [2.45, 2.75) is 13.0 Å². The lowest BCUT2D eigenvalue weighted by Crippen LogP contribution is -2.22. The standard InChI is InChI=1S/C9H12BrClN2OS/c1-6(5-15(2)14)13-9-8(11)3-7(10)4-12-9/h3-4,6H,5H2,1-2H3,(H,12,13)/t6-,15+/m1/s1. The summed E-state index contributed by atoms with van der Waals surface area (Å²) in [5, 5.41) is 3.67. The van der Waals surface area contributed by atoms with Crippen LogP contribution in [0, 0.1) is 0 Å². The van der Waals surface area contributed by atoms with Gasteiger partial charge in [0.25, 0.3) is 0 Å². The van der Waals surface area contributed by atoms with Gasteiger partial charge in [-0.25, -0.2) is 4.98 Å². The molecule has 0 aromatic carbocycles. The summed E-state index contributed by atoms with van der Waals surface area (Å²) in [6.45, 7) is 1.95. The minimum absolute atomic E-state index is 0.0852. The lowest BCUT2D eigenvalue weighted by Gasteiger charge is -2.13. The first-order valence-electron chi connectivity index (χ1n) is 4.36. The molecule has 84 valence electrons. The molecule has 0 spiro atoms. The van der Waals surface area contributed by atoms with Crippen molar-refractivity contribution in [3.63, 3.8) is 0 Å². The molecule has 0 aliphatic heterocycles. The van der Waals surface area contributed by atoms with Crippen LogP contribution in [0.5, 0.6) is 0 Å². The van der Waals surface area contributed by atoms with Crippen molar-refractivity contribution in [3.8, 4) is 0 Å². The van der Waals surface area contributed by atoms with Gasteiger partial charge in [0.2, 0.25) is 0 Å². The predicted molar refractivity (Wildman–Crippen MR) is 69.0 cm³/mol. The summed E-state index contributed by atoms with van der Waals surface area (Å²) in [4.78, 5) is 4.14. The highest BCUT2D eigenvalue weighted by Crippen LogP contribution is 2.23. The second-order valence-corrected chi connectivity index (χ2v) is 6.07. The molecule has 2 atom stereocenters. The molecule has 3 nitrogen and oxygen atoms in total. The fourth-order valence-electron chi connectivity index (χ4n) is 1.15. The van der Waals surface area contributed by atoms with Crippen LogP contribution in [0.15, 0.2) is 16.7 Å². The van der Waals surface area contributed by atoms with Crippen LogP contribution in [-0.2, 0) is 10.8 Å². The highest BCUT2D eigenvalue weighted by molar-refractivity contribution is 9.10. The first-order valence-corrected chi connectivity index (χ1v) is 7.26. The van der Waals surface area contributed by atoms with E-state index in [0.717, 1.165) is 4.47 Å². The van der Waals surface area contributed by atoms with Crippen LogP contribution in [-0.4, -0.2) is 27.2 Å². The van der Waals surface area contributed by atoms with E-state index in [0.29, 0.717) is 16.6 Å². The summed E-state index contributed by atoms with van der Waals surface area (Å²) in [5.41, 5.74) is 0. The van der Waals surface area contributed by atoms with Crippen LogP contribution in [0.3, 0.4) is 0 Å². The number of pyridine rings is 1. The lowest BCUT2D eigenvalue weighted by molar-refractivity contribution is 0.683. The highest BCUT2D eigenvalue weighted by Gasteiger charge is 2.08. The van der Waals surface area contributed by atoms with E-state index in [1.165, 1.54) is 0 Å². The summed E-state index contributed by atoms with van der Waals surface area (Å²) in [6, 6.07) is 1.86. The number of hydrogen-bond donors (Lipinski definition) is 1. The molecule has 6 heteroatoms. The Bertz CT molecular complexity index is 375. The number of halogens is 2. The van der Waals surface area contributed by atoms with Crippen molar-refractivity contribution in [1.29, 1.82) is 0 Å². The van der Waals surface area contributed by atoms with Gasteiger partial charge in [0.05, 0.1) is 5.02 Å². The fraction of sp³-hybridized carbons (Fsp3) is 0.444. The fourth-order valence-corrected chi connectivity index (χ4v) is 2.62. The summed E-state index contributed by atoms with van der Waals surface area (Å²) in [7, 11) is -0.823. The Kier molecular flexibility index (Phi) is 5.02. The second kappa shape index (κ2) is 5.82. The number of nitrogens with zero attached hydrogens (tertiary/aromatic N) is 1. The summed E-state index contributed by atoms with van der Waals surface area (Å²) in [5.74, 6) is 1.20. The van der Waals surface area contributed by atoms with Gasteiger partial charge in [-0.05, 0) is 28.9 Å². The van der Waals surface area contributed by atoms with Crippen molar-refractivity contribution in [1.82, 2.24) is 4.98 Å². The molecular weight excluding hydrogens is 300 g/mol. The van der Waals surface area contributed by atoms with E-state index < -0.39 is 10.8 Å². The molecule has 15 heavy (non-hydrogen) atoms. The van der Waals surface area contributed by atoms with Crippen LogP contribution in [0.2, 0.25) is 5.02 Å². The summed E-state index contributed by atoms with van der Waals surface area (Å²) < 4.78 is 11.8. The zero-order chi connectivity index (χ0) is 11.4. The molecule has 0 saturated heterocycles. The van der Waals surface area contributed by atoms with E-state index in [1.54, 1.807) is 18.5 Å². The second-order valence-electron chi connectivity index (χ2n) is 3.27. The molecule has 1 rings (SSSR count). The van der Waals surface area contributed by atoms with E-state index in [-0.39, 0.29) is 6.04 Å². The Labute approximate surface area is 105 Å². The Hall–Kier alpha value is -0.130. The zero-order valence-corrected chi connectivity index (χ0v) is 11.6. The molecule has 0 saturated carbocycles. The molecule has 1 aromatic rings. The first kappa shape index (κ1) is 12.9. The SMILES string of the molecule is C[C@H](C[S@](C)=O)Nc1ncc(Br)cc1Cl. The molecular formula is C9H12BrClN2OS. The smallest absolute Gasteiger partial charge is 0.145 e. The molecule has 0 unspecified atom stereocenters. The Morgan fingerprint density at radius 1 is 1.73 bits per heavy atom. The average molecular weight is 312 g/mol. The minimum Gasteiger partial charge on any atom is -0.365 e. The minimum atomic E-state index is -0.823. The van der Waals surface area contributed by atoms with Gasteiger partial charge in [0, 0.05) is 39.5 Å². The molecule has 0 radical (unpaired) electrons. The third-order valence-corrected chi connectivity index (χ3v) is 3.37. The molecule has 0 amide bonds. The van der Waals surface area contributed by atoms with Crippen LogP contribution in [0.4, 0.5) is 5.82 Å². The number of rotatable bonds is 4. The Morgan fingerprint density at radius 2 is 2.40 bits per heavy atom. The monoisotopic (exact) mass is 310 g/mol. The predicted octanol–water partition coefficient (Wildman–Crippen LogP) is 2.68. The van der Waals surface area contributed by atoms with Crippen LogP contribution >= 0.6 is 27.5 Å². The maximum atomic E-state index is 11.0. The molecule has 0 fully saturated rings. The normalized spacial score (nSPS) is 14.7. The van der Waals surface area contributed by atoms with Gasteiger partial charge in [-0.2, -0.15) is 0 Å². The van der Waals surface area contributed by atoms with E-state index in [4.69, 9.17) is 11.6 Å². The topological polar surface area (TPSA) is 42.0 Å². The van der Waals surface area contributed by atoms with Gasteiger partial charge in [0.15, 0.2) is 0 Å². The Balaban J connectivity index is 2.68. The van der Waals surface area contributed by atoms with Gasteiger partial charge in [0.1, 0.15) is 5.82 Å². The zero-order valence-electron chi connectivity index (χ0n) is 8.46. The third-order valence-electron chi connectivity index (χ3n) is 1.68. The van der Waals surface area contributed by atoms with Crippen molar-refractivity contribution in [3.05, 3.63) is 21.8 Å². The van der Waals surface area contributed by atoms with E-state index >= 15 is 0 Å². The van der Waals surface area contributed by atoms with Crippen molar-refractivity contribution >= 4 is 44.1 Å². The van der Waals surface area contributed by atoms with Gasteiger partial charge in [-0.3, -0.25) is 4.21 Å². The third kappa shape index (κ3) is 4.49. The lowest BCUT2D eigenvalue weighted by atomic mass is 10.3. The van der Waals surface area contributed by atoms with E-state index in [2.05, 4.69) is 26.2 Å². The van der Waals surface area contributed by atoms with Crippen molar-refractivity contribution in [2.24, 2.45) is 0 Å². The molecule has 1 aromatic heterocycles. The molecule has 1 N–H and O–H groups in total. The van der Waals surface area contributed by atoms with Crippen LogP contribution in [0.25, 0.3) is 0 Å². The van der Waals surface area contributed by atoms with Gasteiger partial charge in [-0.15, -0.1) is 0 Å². The van der Waals surface area contributed by atoms with Crippen LogP contribution < -0.4 is 5.32 Å². The summed E-state index contributed by atoms with van der Waals surface area (Å²) in [6.07, 6.45) is 3.35. The van der Waals surface area contributed by atoms with Gasteiger partial charge in [-0.1, -0.05) is 11.6 Å². The number of nitrogens with one attached hydrogen (secondary N) is 1. The maximum absolute atomic E-state index is 11.0. The summed E-state index contributed by atoms with van der Waals surface area (Å²) >= 11 is 9.26. The number of hydrogen-bond acceptors (Lipinski definition) is 3. The number of aromatic nitrogens is 1. The van der Waals surface area contributed by atoms with Crippen molar-refractivity contribution < 1.29 is 4.21 Å². The molecule has 0 bridgehead atoms. The molecule has 0 aliphatic carbocycles. The molecule has 1 heterocycles. The van der Waals surface area contributed by atoms with Gasteiger partial charge >= 0.3 is 0 Å². The number of anilines is 1. The van der Waals surface area contributed by atoms with Crippen molar-refractivity contribution in [2.75, 3.05) is 17.3 Å². The van der Waals surface area contributed by atoms with E-state index in [1.807, 2.05) is 6.92 Å². The highest BCUT2D eigenvalue weighted by atomic mass is 79.9. The van der Waals surface area contributed by atoms with Crippen LogP contribution in [0.1, 0.15) is 6.92 Å².